The highest BCUT2D eigenvalue weighted by Crippen LogP contribution is 2.35. The summed E-state index contributed by atoms with van der Waals surface area (Å²) in [5.41, 5.74) is 5.59. The third kappa shape index (κ3) is 4.70. The molecule has 0 aliphatic carbocycles. The molecule has 184 valence electrons. The Bertz CT molecular complexity index is 1770. The van der Waals surface area contributed by atoms with E-state index in [1.165, 1.54) is 12.1 Å². The van der Waals surface area contributed by atoms with Crippen LogP contribution in [0.25, 0.3) is 28.0 Å². The van der Waals surface area contributed by atoms with Crippen LogP contribution in [0.1, 0.15) is 10.4 Å². The van der Waals surface area contributed by atoms with Gasteiger partial charge in [0.2, 0.25) is 5.95 Å². The first-order valence-corrected chi connectivity index (χ1v) is 11.9. The quantitative estimate of drug-likeness (QED) is 0.269. The fourth-order valence-corrected chi connectivity index (χ4v) is 4.24. The molecule has 0 saturated heterocycles. The van der Waals surface area contributed by atoms with E-state index in [2.05, 4.69) is 15.6 Å². The lowest BCUT2D eigenvalue weighted by molar-refractivity contribution is 0.102. The highest BCUT2D eigenvalue weighted by molar-refractivity contribution is 6.04. The number of pyridine rings is 1. The van der Waals surface area contributed by atoms with Crippen LogP contribution in [-0.4, -0.2) is 25.5 Å². The Morgan fingerprint density at radius 2 is 1.63 bits per heavy atom. The SMILES string of the molecule is O=C(Nc1cccc(-c2nn3ccccc3c2-c2ccnc(Nc3cccc(F)c3)n2)c1)c1ccccc1. The predicted octanol–water partition coefficient (Wildman–Crippen LogP) is 6.59. The normalized spacial score (nSPS) is 10.9. The summed E-state index contributed by atoms with van der Waals surface area (Å²) in [7, 11) is 0. The van der Waals surface area contributed by atoms with Crippen molar-refractivity contribution in [3.8, 4) is 22.5 Å². The lowest BCUT2D eigenvalue weighted by Crippen LogP contribution is -2.11. The van der Waals surface area contributed by atoms with Crippen LogP contribution in [-0.2, 0) is 0 Å². The van der Waals surface area contributed by atoms with Gasteiger partial charge in [0.15, 0.2) is 0 Å². The maximum Gasteiger partial charge on any atom is 0.255 e. The monoisotopic (exact) mass is 500 g/mol. The van der Waals surface area contributed by atoms with Crippen molar-refractivity contribution in [3.05, 3.63) is 127 Å². The van der Waals surface area contributed by atoms with E-state index in [9.17, 15) is 9.18 Å². The molecule has 38 heavy (non-hydrogen) atoms. The van der Waals surface area contributed by atoms with Crippen molar-refractivity contribution in [1.82, 2.24) is 19.6 Å². The highest BCUT2D eigenvalue weighted by atomic mass is 19.1. The fraction of sp³-hybridized carbons (Fsp3) is 0. The summed E-state index contributed by atoms with van der Waals surface area (Å²) in [6, 6.07) is 30.3. The number of rotatable bonds is 6. The summed E-state index contributed by atoms with van der Waals surface area (Å²) in [4.78, 5) is 21.8. The Morgan fingerprint density at radius 1 is 0.816 bits per heavy atom. The molecule has 0 unspecified atom stereocenters. The third-order valence-electron chi connectivity index (χ3n) is 5.96. The van der Waals surface area contributed by atoms with Crippen LogP contribution < -0.4 is 10.6 Å². The number of benzene rings is 3. The Morgan fingerprint density at radius 3 is 2.50 bits per heavy atom. The second kappa shape index (κ2) is 9.94. The number of hydrogen-bond donors (Lipinski definition) is 2. The average Bonchev–Trinajstić information content (AvgIpc) is 3.34. The van der Waals surface area contributed by atoms with Crippen molar-refractivity contribution < 1.29 is 9.18 Å². The zero-order valence-electron chi connectivity index (χ0n) is 20.0. The molecular formula is C30H21FN6O. The van der Waals surface area contributed by atoms with E-state index in [0.717, 1.165) is 16.6 Å². The standard InChI is InChI=1S/C30H21FN6O/c31-22-11-7-13-24(19-22)34-30-32-16-15-25(35-30)27-26-14-4-5-17-37(26)36-28(27)21-10-6-12-23(18-21)33-29(38)20-8-2-1-3-9-20/h1-19H,(H,33,38)(H,32,34,35). The molecule has 3 heterocycles. The molecular weight excluding hydrogens is 479 g/mol. The van der Waals surface area contributed by atoms with Crippen molar-refractivity contribution >= 4 is 28.7 Å². The molecule has 8 heteroatoms. The predicted molar refractivity (Wildman–Crippen MR) is 146 cm³/mol. The van der Waals surface area contributed by atoms with Gasteiger partial charge in [-0.25, -0.2) is 18.9 Å². The van der Waals surface area contributed by atoms with Gasteiger partial charge in [-0.05, 0) is 60.7 Å². The van der Waals surface area contributed by atoms with Crippen LogP contribution in [0.15, 0.2) is 116 Å². The van der Waals surface area contributed by atoms with Gasteiger partial charge in [-0.2, -0.15) is 5.10 Å². The summed E-state index contributed by atoms with van der Waals surface area (Å²) in [6.07, 6.45) is 3.52. The Kier molecular flexibility index (Phi) is 6.03. The Hall–Kier alpha value is -5.37. The summed E-state index contributed by atoms with van der Waals surface area (Å²) in [5.74, 6) is -0.213. The molecule has 7 nitrogen and oxygen atoms in total. The molecule has 0 aliphatic heterocycles. The number of anilines is 3. The number of hydrogen-bond acceptors (Lipinski definition) is 5. The van der Waals surface area contributed by atoms with E-state index in [1.807, 2.05) is 72.9 Å². The number of amides is 1. The highest BCUT2D eigenvalue weighted by Gasteiger charge is 2.19. The van der Waals surface area contributed by atoms with Gasteiger partial charge in [0.1, 0.15) is 11.5 Å². The third-order valence-corrected chi connectivity index (χ3v) is 5.96. The van der Waals surface area contributed by atoms with Crippen molar-refractivity contribution in [1.29, 1.82) is 0 Å². The lowest BCUT2D eigenvalue weighted by atomic mass is 10.0. The summed E-state index contributed by atoms with van der Waals surface area (Å²) < 4.78 is 15.5. The molecule has 0 atom stereocenters. The molecule has 0 aliphatic rings. The van der Waals surface area contributed by atoms with Gasteiger partial charge >= 0.3 is 0 Å². The van der Waals surface area contributed by atoms with Gasteiger partial charge in [-0.15, -0.1) is 0 Å². The lowest BCUT2D eigenvalue weighted by Gasteiger charge is -2.09. The summed E-state index contributed by atoms with van der Waals surface area (Å²) >= 11 is 0. The molecule has 0 bridgehead atoms. The second-order valence-corrected chi connectivity index (χ2v) is 8.56. The van der Waals surface area contributed by atoms with Crippen molar-refractivity contribution in [2.24, 2.45) is 0 Å². The van der Waals surface area contributed by atoms with E-state index in [0.29, 0.717) is 34.3 Å². The molecule has 0 radical (unpaired) electrons. The van der Waals surface area contributed by atoms with Crippen LogP contribution in [0.2, 0.25) is 0 Å². The minimum Gasteiger partial charge on any atom is -0.324 e. The molecule has 6 aromatic rings. The van der Waals surface area contributed by atoms with Crippen LogP contribution in [0.5, 0.6) is 0 Å². The number of halogens is 1. The van der Waals surface area contributed by atoms with E-state index >= 15 is 0 Å². The minimum absolute atomic E-state index is 0.193. The van der Waals surface area contributed by atoms with Gasteiger partial charge < -0.3 is 10.6 Å². The first-order valence-electron chi connectivity index (χ1n) is 11.9. The second-order valence-electron chi connectivity index (χ2n) is 8.56. The van der Waals surface area contributed by atoms with E-state index in [-0.39, 0.29) is 11.7 Å². The number of nitrogens with one attached hydrogen (secondary N) is 2. The topological polar surface area (TPSA) is 84.2 Å². The summed E-state index contributed by atoms with van der Waals surface area (Å²) in [6.45, 7) is 0. The number of carbonyl (C=O) groups excluding carboxylic acids is 1. The van der Waals surface area contributed by atoms with Crippen molar-refractivity contribution in [2.45, 2.75) is 0 Å². The zero-order chi connectivity index (χ0) is 25.9. The van der Waals surface area contributed by atoms with Gasteiger partial charge in [0, 0.05) is 34.9 Å². The minimum atomic E-state index is -0.352. The molecule has 3 aromatic carbocycles. The molecule has 1 amide bonds. The van der Waals surface area contributed by atoms with E-state index in [1.54, 1.807) is 35.0 Å². The Balaban J connectivity index is 1.40. The summed E-state index contributed by atoms with van der Waals surface area (Å²) in [5, 5.41) is 10.9. The van der Waals surface area contributed by atoms with Gasteiger partial charge in [-0.1, -0.05) is 42.5 Å². The largest absolute Gasteiger partial charge is 0.324 e. The Labute approximate surface area is 217 Å². The molecule has 0 saturated carbocycles. The molecule has 3 aromatic heterocycles. The van der Waals surface area contributed by atoms with Crippen molar-refractivity contribution in [3.63, 3.8) is 0 Å². The van der Waals surface area contributed by atoms with Gasteiger partial charge in [-0.3, -0.25) is 4.79 Å². The molecule has 0 spiro atoms. The first-order chi connectivity index (χ1) is 18.6. The maximum absolute atomic E-state index is 13.7. The maximum atomic E-state index is 13.7. The molecule has 2 N–H and O–H groups in total. The average molecular weight is 501 g/mol. The number of aromatic nitrogens is 4. The van der Waals surface area contributed by atoms with Crippen LogP contribution in [0.3, 0.4) is 0 Å². The van der Waals surface area contributed by atoms with Crippen LogP contribution in [0.4, 0.5) is 21.7 Å². The van der Waals surface area contributed by atoms with Crippen LogP contribution in [0, 0.1) is 5.82 Å². The molecule has 0 fully saturated rings. The first kappa shape index (κ1) is 23.1. The number of nitrogens with zero attached hydrogens (tertiary/aromatic N) is 4. The van der Waals surface area contributed by atoms with Crippen molar-refractivity contribution in [2.75, 3.05) is 10.6 Å². The smallest absolute Gasteiger partial charge is 0.255 e. The number of fused-ring (bicyclic) bond motifs is 1. The van der Waals surface area contributed by atoms with E-state index < -0.39 is 0 Å². The molecule has 6 rings (SSSR count). The van der Waals surface area contributed by atoms with Gasteiger partial charge in [0.05, 0.1) is 16.8 Å². The van der Waals surface area contributed by atoms with Gasteiger partial charge in [0.25, 0.3) is 5.91 Å². The number of carbonyl (C=O) groups is 1. The fourth-order valence-electron chi connectivity index (χ4n) is 4.24. The van der Waals surface area contributed by atoms with Crippen LogP contribution >= 0.6 is 0 Å². The van der Waals surface area contributed by atoms with E-state index in [4.69, 9.17) is 10.1 Å². The zero-order valence-corrected chi connectivity index (χ0v) is 20.0.